The number of aryl methyl sites for hydroxylation is 1. The molecule has 0 amide bonds. The molecule has 126 valence electrons. The molecule has 0 fully saturated rings. The summed E-state index contributed by atoms with van der Waals surface area (Å²) in [6.07, 6.45) is 1.45. The molecular weight excluding hydrogens is 382 g/mol. The number of nitrogens with two attached hydrogens (primary N) is 1. The van der Waals surface area contributed by atoms with Crippen LogP contribution in [0.5, 0.6) is 0 Å². The van der Waals surface area contributed by atoms with Gasteiger partial charge in [-0.3, -0.25) is 4.40 Å². The van der Waals surface area contributed by atoms with E-state index in [2.05, 4.69) is 25.9 Å². The molecule has 0 saturated heterocycles. The third kappa shape index (κ3) is 2.65. The normalized spacial score (nSPS) is 13.4. The molecule has 0 aliphatic rings. The number of aliphatic hydroxyl groups excluding tert-OH is 1. The summed E-state index contributed by atoms with van der Waals surface area (Å²) in [6.45, 7) is 2.88. The van der Waals surface area contributed by atoms with Crippen LogP contribution in [0.25, 0.3) is 16.9 Å². The molecule has 5 nitrogen and oxygen atoms in total. The van der Waals surface area contributed by atoms with E-state index < -0.39 is 12.0 Å². The minimum absolute atomic E-state index is 0.235. The minimum Gasteiger partial charge on any atom is -0.387 e. The van der Waals surface area contributed by atoms with Gasteiger partial charge in [0.05, 0.1) is 11.9 Å². The average Bonchev–Trinajstić information content (AvgIpc) is 2.91. The molecule has 0 bridgehead atoms. The van der Waals surface area contributed by atoms with Crippen molar-refractivity contribution < 1.29 is 13.9 Å². The molecule has 0 aliphatic carbocycles. The predicted molar refractivity (Wildman–Crippen MR) is 90.8 cm³/mol. The summed E-state index contributed by atoms with van der Waals surface area (Å²) in [5.41, 5.74) is 8.03. The lowest BCUT2D eigenvalue weighted by molar-refractivity contribution is -0.106. The van der Waals surface area contributed by atoms with E-state index in [4.69, 9.17) is 5.73 Å². The van der Waals surface area contributed by atoms with E-state index in [1.54, 1.807) is 22.9 Å². The van der Waals surface area contributed by atoms with Gasteiger partial charge >= 0.3 is 0 Å². The number of nitrogen functional groups attached to an aromatic ring is 1. The fourth-order valence-corrected chi connectivity index (χ4v) is 2.92. The third-order valence-electron chi connectivity index (χ3n) is 3.91. The molecule has 8 heteroatoms. The van der Waals surface area contributed by atoms with Gasteiger partial charge in [0.1, 0.15) is 10.7 Å². The van der Waals surface area contributed by atoms with Crippen molar-refractivity contribution in [3.63, 3.8) is 0 Å². The van der Waals surface area contributed by atoms with Crippen LogP contribution in [0.4, 0.5) is 14.6 Å². The lowest BCUT2D eigenvalue weighted by Gasteiger charge is -2.21. The Balaban J connectivity index is 2.24. The number of hydrogen-bond donors (Lipinski definition) is 2. The Morgan fingerprint density at radius 1 is 1.38 bits per heavy atom. The lowest BCUT2D eigenvalue weighted by Crippen LogP contribution is -2.28. The Bertz CT molecular complexity index is 924. The second-order valence-electron chi connectivity index (χ2n) is 5.61. The van der Waals surface area contributed by atoms with E-state index in [1.807, 2.05) is 6.92 Å². The van der Waals surface area contributed by atoms with Crippen molar-refractivity contribution in [1.82, 2.24) is 14.4 Å². The lowest BCUT2D eigenvalue weighted by atomic mass is 9.97. The Hall–Kier alpha value is -2.06. The number of alkyl halides is 2. The van der Waals surface area contributed by atoms with Gasteiger partial charge in [0.15, 0.2) is 11.5 Å². The summed E-state index contributed by atoms with van der Waals surface area (Å²) in [6, 6.07) is 4.29. The summed E-state index contributed by atoms with van der Waals surface area (Å²) in [5.74, 6) is -3.11. The summed E-state index contributed by atoms with van der Waals surface area (Å²) in [7, 11) is 0. The first-order chi connectivity index (χ1) is 11.2. The monoisotopic (exact) mass is 396 g/mol. The maximum absolute atomic E-state index is 14.2. The third-order valence-corrected chi connectivity index (χ3v) is 4.29. The van der Waals surface area contributed by atoms with E-state index in [0.29, 0.717) is 21.5 Å². The highest BCUT2D eigenvalue weighted by Crippen LogP contribution is 2.36. The molecule has 0 saturated carbocycles. The predicted octanol–water partition coefficient (Wildman–Crippen LogP) is 3.52. The highest BCUT2D eigenvalue weighted by Gasteiger charge is 2.37. The molecule has 1 atom stereocenters. The van der Waals surface area contributed by atoms with Crippen molar-refractivity contribution in [3.8, 4) is 11.3 Å². The molecule has 0 spiro atoms. The van der Waals surface area contributed by atoms with Crippen LogP contribution in [0.3, 0.4) is 0 Å². The Morgan fingerprint density at radius 3 is 2.75 bits per heavy atom. The van der Waals surface area contributed by atoms with E-state index >= 15 is 0 Å². The van der Waals surface area contributed by atoms with Crippen LogP contribution in [-0.2, 0) is 5.92 Å². The van der Waals surface area contributed by atoms with Crippen molar-refractivity contribution in [3.05, 3.63) is 46.3 Å². The van der Waals surface area contributed by atoms with Crippen LogP contribution < -0.4 is 5.73 Å². The second-order valence-corrected chi connectivity index (χ2v) is 6.43. The van der Waals surface area contributed by atoms with Crippen LogP contribution in [-0.4, -0.2) is 25.6 Å². The zero-order valence-electron chi connectivity index (χ0n) is 13.0. The quantitative estimate of drug-likeness (QED) is 0.709. The van der Waals surface area contributed by atoms with Crippen molar-refractivity contribution in [2.45, 2.75) is 25.9 Å². The molecule has 24 heavy (non-hydrogen) atoms. The minimum atomic E-state index is -3.34. The van der Waals surface area contributed by atoms with Crippen LogP contribution in [0.1, 0.15) is 18.1 Å². The summed E-state index contributed by atoms with van der Waals surface area (Å²) >= 11 is 3.27. The molecule has 0 aliphatic heterocycles. The maximum Gasteiger partial charge on any atom is 0.298 e. The number of halogens is 3. The van der Waals surface area contributed by atoms with Crippen molar-refractivity contribution >= 4 is 27.4 Å². The van der Waals surface area contributed by atoms with E-state index in [-0.39, 0.29) is 11.4 Å². The SMILES string of the molecule is Cc1ccc(C(F)(F)C(C)O)cc1-c1cnc2c(N)nc(Br)cn12. The van der Waals surface area contributed by atoms with Gasteiger partial charge in [-0.1, -0.05) is 12.1 Å². The van der Waals surface area contributed by atoms with Crippen molar-refractivity contribution in [2.24, 2.45) is 0 Å². The van der Waals surface area contributed by atoms with Gasteiger partial charge in [-0.15, -0.1) is 0 Å². The Morgan fingerprint density at radius 2 is 2.08 bits per heavy atom. The molecule has 1 aromatic carbocycles. The first kappa shape index (κ1) is 16.8. The number of fused-ring (bicyclic) bond motifs is 1. The van der Waals surface area contributed by atoms with Crippen molar-refractivity contribution in [1.29, 1.82) is 0 Å². The van der Waals surface area contributed by atoms with Crippen LogP contribution in [0.15, 0.2) is 35.2 Å². The molecule has 3 rings (SSSR count). The zero-order valence-corrected chi connectivity index (χ0v) is 14.6. The van der Waals surface area contributed by atoms with Gasteiger partial charge in [0.25, 0.3) is 5.92 Å². The van der Waals surface area contributed by atoms with E-state index in [1.165, 1.54) is 12.1 Å². The van der Waals surface area contributed by atoms with Gasteiger partial charge in [-0.25, -0.2) is 9.97 Å². The summed E-state index contributed by atoms with van der Waals surface area (Å²) in [5, 5.41) is 9.37. The fraction of sp³-hybridized carbons (Fsp3) is 0.250. The standard InChI is InChI=1S/C16H15BrF2N4O/c1-8-3-4-10(16(18,19)9(2)24)5-11(8)12-6-21-15-14(20)22-13(17)7-23(12)15/h3-7,9,24H,1-2H3,(H2,20,22). The number of nitrogens with zero attached hydrogens (tertiary/aromatic N) is 3. The Kier molecular flexibility index (Phi) is 4.05. The maximum atomic E-state index is 14.2. The van der Waals surface area contributed by atoms with Crippen LogP contribution in [0.2, 0.25) is 0 Å². The molecule has 1 unspecified atom stereocenters. The number of benzene rings is 1. The number of aliphatic hydroxyl groups is 1. The topological polar surface area (TPSA) is 76.4 Å². The van der Waals surface area contributed by atoms with Gasteiger partial charge in [0.2, 0.25) is 0 Å². The number of anilines is 1. The molecule has 2 aromatic heterocycles. The van der Waals surface area contributed by atoms with E-state index in [0.717, 1.165) is 12.5 Å². The first-order valence-corrected chi connectivity index (χ1v) is 7.97. The largest absolute Gasteiger partial charge is 0.387 e. The number of rotatable bonds is 3. The van der Waals surface area contributed by atoms with Gasteiger partial charge < -0.3 is 10.8 Å². The van der Waals surface area contributed by atoms with Crippen LogP contribution >= 0.6 is 15.9 Å². The molecule has 3 N–H and O–H groups in total. The molecule has 3 aromatic rings. The van der Waals surface area contributed by atoms with E-state index in [9.17, 15) is 13.9 Å². The van der Waals surface area contributed by atoms with Crippen molar-refractivity contribution in [2.75, 3.05) is 5.73 Å². The van der Waals surface area contributed by atoms with Gasteiger partial charge in [-0.05, 0) is 41.4 Å². The summed E-state index contributed by atoms with van der Waals surface area (Å²) in [4.78, 5) is 8.29. The first-order valence-electron chi connectivity index (χ1n) is 7.18. The zero-order chi connectivity index (χ0) is 17.6. The molecule has 2 heterocycles. The van der Waals surface area contributed by atoms with Gasteiger partial charge in [0, 0.05) is 17.3 Å². The number of imidazole rings is 1. The molecule has 0 radical (unpaired) electrons. The summed E-state index contributed by atoms with van der Waals surface area (Å²) < 4.78 is 30.5. The highest BCUT2D eigenvalue weighted by molar-refractivity contribution is 9.10. The average molecular weight is 397 g/mol. The van der Waals surface area contributed by atoms with Gasteiger partial charge in [-0.2, -0.15) is 8.78 Å². The second kappa shape index (κ2) is 5.78. The van der Waals surface area contributed by atoms with Crippen LogP contribution in [0, 0.1) is 6.92 Å². The molecular formula is C16H15BrF2N4O. The number of aromatic nitrogens is 3. The number of hydrogen-bond acceptors (Lipinski definition) is 4. The fourth-order valence-electron chi connectivity index (χ4n) is 2.53. The Labute approximate surface area is 145 Å². The smallest absolute Gasteiger partial charge is 0.298 e. The highest BCUT2D eigenvalue weighted by atomic mass is 79.9.